The summed E-state index contributed by atoms with van der Waals surface area (Å²) < 4.78 is 5.53. The van der Waals surface area contributed by atoms with E-state index in [-0.39, 0.29) is 23.7 Å². The minimum absolute atomic E-state index is 0.146. The van der Waals surface area contributed by atoms with Gasteiger partial charge in [0.2, 0.25) is 0 Å². The zero-order valence-corrected chi connectivity index (χ0v) is 13.9. The Bertz CT molecular complexity index is 574. The third-order valence-corrected chi connectivity index (χ3v) is 5.07. The van der Waals surface area contributed by atoms with Crippen LogP contribution in [0.3, 0.4) is 0 Å². The minimum atomic E-state index is -1.08. The lowest BCUT2D eigenvalue weighted by molar-refractivity contribution is -0.153. The van der Waals surface area contributed by atoms with Gasteiger partial charge in [-0.05, 0) is 18.4 Å². The molecule has 2 fully saturated rings. The highest BCUT2D eigenvalue weighted by atomic mass is 16.5. The van der Waals surface area contributed by atoms with Gasteiger partial charge in [0.25, 0.3) is 5.91 Å². The molecule has 1 aliphatic carbocycles. The van der Waals surface area contributed by atoms with Crippen LogP contribution in [0.25, 0.3) is 0 Å². The van der Waals surface area contributed by atoms with Crippen molar-refractivity contribution in [3.63, 3.8) is 0 Å². The highest BCUT2D eigenvalue weighted by molar-refractivity contribution is 5.85. The summed E-state index contributed by atoms with van der Waals surface area (Å²) in [5, 5.41) is 10.4. The van der Waals surface area contributed by atoms with E-state index in [1.165, 1.54) is 0 Å². The van der Waals surface area contributed by atoms with Crippen molar-refractivity contribution < 1.29 is 19.4 Å². The molecule has 1 aliphatic heterocycles. The molecule has 0 spiro atoms. The second-order valence-electron chi connectivity index (χ2n) is 6.70. The molecule has 1 saturated carbocycles. The molecule has 2 aliphatic rings. The molecule has 1 N–H and O–H groups in total. The number of nitrogens with zero attached hydrogens (tertiary/aromatic N) is 1. The number of ether oxygens (including phenoxy) is 1. The van der Waals surface area contributed by atoms with Crippen molar-refractivity contribution >= 4 is 11.7 Å². The SMILES string of the molecule is O=C1CCCCC1C1COCCN1C(=O)[C@@H](O)Cc1ccccc1. The molecule has 3 atom stereocenters. The van der Waals surface area contributed by atoms with Crippen LogP contribution >= 0.6 is 0 Å². The molecule has 0 aromatic heterocycles. The van der Waals surface area contributed by atoms with Gasteiger partial charge < -0.3 is 14.7 Å². The monoisotopic (exact) mass is 331 g/mol. The fourth-order valence-corrected chi connectivity index (χ4v) is 3.76. The Morgan fingerprint density at radius 3 is 2.83 bits per heavy atom. The third-order valence-electron chi connectivity index (χ3n) is 5.07. The number of carbonyl (C=O) groups is 2. The van der Waals surface area contributed by atoms with Gasteiger partial charge in [-0.2, -0.15) is 0 Å². The summed E-state index contributed by atoms with van der Waals surface area (Å²) in [6.45, 7) is 1.29. The van der Waals surface area contributed by atoms with Crippen LogP contribution in [0.2, 0.25) is 0 Å². The van der Waals surface area contributed by atoms with E-state index in [9.17, 15) is 14.7 Å². The normalized spacial score (nSPS) is 26.2. The molecule has 5 heteroatoms. The summed E-state index contributed by atoms with van der Waals surface area (Å²) in [4.78, 5) is 26.7. The van der Waals surface area contributed by atoms with Gasteiger partial charge in [0.1, 0.15) is 11.9 Å². The molecule has 0 bridgehead atoms. The van der Waals surface area contributed by atoms with E-state index in [2.05, 4.69) is 0 Å². The summed E-state index contributed by atoms with van der Waals surface area (Å²) >= 11 is 0. The lowest BCUT2D eigenvalue weighted by Crippen LogP contribution is -2.56. The fraction of sp³-hybridized carbons (Fsp3) is 0.579. The van der Waals surface area contributed by atoms with Crippen LogP contribution in [0.1, 0.15) is 31.2 Å². The van der Waals surface area contributed by atoms with E-state index < -0.39 is 6.10 Å². The Morgan fingerprint density at radius 2 is 2.08 bits per heavy atom. The van der Waals surface area contributed by atoms with E-state index in [4.69, 9.17) is 4.74 Å². The maximum atomic E-state index is 12.8. The molecule has 2 unspecified atom stereocenters. The number of amides is 1. The van der Waals surface area contributed by atoms with Crippen molar-refractivity contribution in [3.8, 4) is 0 Å². The van der Waals surface area contributed by atoms with Gasteiger partial charge in [-0.15, -0.1) is 0 Å². The molecular formula is C19H25NO4. The zero-order chi connectivity index (χ0) is 16.9. The predicted molar refractivity (Wildman–Crippen MR) is 89.4 cm³/mol. The van der Waals surface area contributed by atoms with Crippen LogP contribution in [-0.2, 0) is 20.7 Å². The largest absolute Gasteiger partial charge is 0.383 e. The van der Waals surface area contributed by atoms with Crippen molar-refractivity contribution in [1.29, 1.82) is 0 Å². The van der Waals surface area contributed by atoms with Crippen molar-refractivity contribution in [2.24, 2.45) is 5.92 Å². The van der Waals surface area contributed by atoms with Gasteiger partial charge in [-0.1, -0.05) is 36.8 Å². The Hall–Kier alpha value is -1.72. The highest BCUT2D eigenvalue weighted by Gasteiger charge is 2.39. The van der Waals surface area contributed by atoms with Crippen LogP contribution in [0.4, 0.5) is 0 Å². The number of carbonyl (C=O) groups excluding carboxylic acids is 2. The number of aliphatic hydroxyl groups is 1. The van der Waals surface area contributed by atoms with Gasteiger partial charge >= 0.3 is 0 Å². The summed E-state index contributed by atoms with van der Waals surface area (Å²) in [5.41, 5.74) is 0.928. The van der Waals surface area contributed by atoms with Crippen molar-refractivity contribution in [1.82, 2.24) is 4.90 Å². The number of morpholine rings is 1. The first-order valence-electron chi connectivity index (χ1n) is 8.80. The average Bonchev–Trinajstić information content (AvgIpc) is 2.62. The lowest BCUT2D eigenvalue weighted by atomic mass is 9.82. The second-order valence-corrected chi connectivity index (χ2v) is 6.70. The van der Waals surface area contributed by atoms with Crippen molar-refractivity contribution in [2.45, 2.75) is 44.2 Å². The van der Waals surface area contributed by atoms with E-state index >= 15 is 0 Å². The summed E-state index contributed by atoms with van der Waals surface area (Å²) in [7, 11) is 0. The molecule has 3 rings (SSSR count). The average molecular weight is 331 g/mol. The van der Waals surface area contributed by atoms with Gasteiger partial charge in [0, 0.05) is 25.3 Å². The van der Waals surface area contributed by atoms with Crippen LogP contribution in [-0.4, -0.2) is 53.6 Å². The molecule has 0 radical (unpaired) electrons. The number of ketones is 1. The van der Waals surface area contributed by atoms with Crippen molar-refractivity contribution in [2.75, 3.05) is 19.8 Å². The second kappa shape index (κ2) is 7.90. The Morgan fingerprint density at radius 1 is 1.29 bits per heavy atom. The number of benzene rings is 1. The first-order chi connectivity index (χ1) is 11.7. The highest BCUT2D eigenvalue weighted by Crippen LogP contribution is 2.28. The van der Waals surface area contributed by atoms with E-state index in [0.717, 1.165) is 24.8 Å². The standard InChI is InChI=1S/C19H25NO4/c21-17-9-5-4-8-15(17)16-13-24-11-10-20(16)19(23)18(22)12-14-6-2-1-3-7-14/h1-3,6-7,15-16,18,22H,4-5,8-13H2/t15?,16?,18-/m0/s1. The number of aliphatic hydroxyl groups excluding tert-OH is 1. The number of hydrogen-bond donors (Lipinski definition) is 1. The molecule has 1 aromatic rings. The summed E-state index contributed by atoms with van der Waals surface area (Å²) in [6, 6.07) is 9.26. The van der Waals surface area contributed by atoms with Crippen LogP contribution in [0.5, 0.6) is 0 Å². The van der Waals surface area contributed by atoms with Gasteiger partial charge in [0.05, 0.1) is 19.3 Å². The van der Waals surface area contributed by atoms with Gasteiger partial charge in [-0.25, -0.2) is 0 Å². The Labute approximate surface area is 142 Å². The molecule has 1 saturated heterocycles. The molecular weight excluding hydrogens is 306 g/mol. The van der Waals surface area contributed by atoms with Crippen molar-refractivity contribution in [3.05, 3.63) is 35.9 Å². The Kier molecular flexibility index (Phi) is 5.63. The lowest BCUT2D eigenvalue weighted by Gasteiger charge is -2.41. The minimum Gasteiger partial charge on any atom is -0.383 e. The topological polar surface area (TPSA) is 66.8 Å². The van der Waals surface area contributed by atoms with Crippen LogP contribution in [0.15, 0.2) is 30.3 Å². The maximum absolute atomic E-state index is 12.8. The van der Waals surface area contributed by atoms with E-state index in [0.29, 0.717) is 32.6 Å². The molecule has 1 heterocycles. The van der Waals surface area contributed by atoms with E-state index in [1.54, 1.807) is 4.90 Å². The predicted octanol–water partition coefficient (Wildman–Crippen LogP) is 1.58. The molecule has 130 valence electrons. The quantitative estimate of drug-likeness (QED) is 0.909. The fourth-order valence-electron chi connectivity index (χ4n) is 3.76. The van der Waals surface area contributed by atoms with E-state index in [1.807, 2.05) is 30.3 Å². The summed E-state index contributed by atoms with van der Waals surface area (Å²) in [5.74, 6) is -0.204. The van der Waals surface area contributed by atoms with Gasteiger partial charge in [0.15, 0.2) is 0 Å². The molecule has 1 aromatic carbocycles. The zero-order valence-electron chi connectivity index (χ0n) is 13.9. The number of Topliss-reactive ketones (excluding diaryl/α,β-unsaturated/α-hetero) is 1. The molecule has 1 amide bonds. The molecule has 5 nitrogen and oxygen atoms in total. The van der Waals surface area contributed by atoms with Gasteiger partial charge in [-0.3, -0.25) is 9.59 Å². The maximum Gasteiger partial charge on any atom is 0.252 e. The summed E-state index contributed by atoms with van der Waals surface area (Å²) in [6.07, 6.45) is 2.57. The Balaban J connectivity index is 1.69. The third kappa shape index (κ3) is 3.84. The molecule has 24 heavy (non-hydrogen) atoms. The number of rotatable bonds is 4. The first kappa shape index (κ1) is 17.1. The first-order valence-corrected chi connectivity index (χ1v) is 8.80. The number of hydrogen-bond acceptors (Lipinski definition) is 4. The van der Waals surface area contributed by atoms with Crippen LogP contribution < -0.4 is 0 Å². The smallest absolute Gasteiger partial charge is 0.252 e. The van der Waals surface area contributed by atoms with Crippen LogP contribution in [0, 0.1) is 5.92 Å².